The van der Waals surface area contributed by atoms with Crippen LogP contribution in [-0.4, -0.2) is 53.5 Å². The highest BCUT2D eigenvalue weighted by Crippen LogP contribution is 2.29. The van der Waals surface area contributed by atoms with E-state index in [-0.39, 0.29) is 23.8 Å². The molecule has 5 nitrogen and oxygen atoms in total. The average molecular weight is 290 g/mol. The average Bonchev–Trinajstić information content (AvgIpc) is 2.33. The molecule has 0 aliphatic carbocycles. The first-order valence-electron chi connectivity index (χ1n) is 6.75. The number of aliphatic hydroxyl groups excluding tert-OH is 1. The second kappa shape index (κ2) is 7.36. The predicted octanol–water partition coefficient (Wildman–Crippen LogP) is 1.36. The summed E-state index contributed by atoms with van der Waals surface area (Å²) in [7, 11) is 0. The van der Waals surface area contributed by atoms with Crippen molar-refractivity contribution in [2.24, 2.45) is 0 Å². The van der Waals surface area contributed by atoms with Crippen molar-refractivity contribution in [3.63, 3.8) is 0 Å². The number of hydrogen-bond acceptors (Lipinski definition) is 4. The van der Waals surface area contributed by atoms with Gasteiger partial charge in [0.2, 0.25) is 0 Å². The molecule has 0 aromatic carbocycles. The van der Waals surface area contributed by atoms with Gasteiger partial charge in [-0.05, 0) is 45.1 Å². The Morgan fingerprint density at radius 2 is 2.00 bits per heavy atom. The first-order valence-corrected chi connectivity index (χ1v) is 7.91. The maximum Gasteiger partial charge on any atom is 0.315 e. The number of carbonyl (C=O) groups excluding carboxylic acids is 1. The zero-order valence-electron chi connectivity index (χ0n) is 12.1. The number of aliphatic hydroxyl groups is 1. The molecule has 1 saturated heterocycles. The molecule has 6 heteroatoms. The highest BCUT2D eigenvalue weighted by Gasteiger charge is 2.33. The molecule has 0 radical (unpaired) electrons. The van der Waals surface area contributed by atoms with Crippen molar-refractivity contribution in [3.8, 4) is 0 Å². The van der Waals surface area contributed by atoms with Crippen molar-refractivity contribution in [1.82, 2.24) is 10.6 Å². The Morgan fingerprint density at radius 3 is 2.53 bits per heavy atom. The van der Waals surface area contributed by atoms with E-state index in [4.69, 9.17) is 9.84 Å². The zero-order chi connectivity index (χ0) is 14.4. The third kappa shape index (κ3) is 6.49. The van der Waals surface area contributed by atoms with E-state index in [1.165, 1.54) is 0 Å². The van der Waals surface area contributed by atoms with Crippen LogP contribution < -0.4 is 10.6 Å². The number of amides is 2. The molecule has 0 unspecified atom stereocenters. The fourth-order valence-electron chi connectivity index (χ4n) is 2.00. The Hall–Kier alpha value is -0.460. The maximum atomic E-state index is 11.8. The highest BCUT2D eigenvalue weighted by molar-refractivity contribution is 7.99. The van der Waals surface area contributed by atoms with Gasteiger partial charge in [-0.2, -0.15) is 11.8 Å². The van der Waals surface area contributed by atoms with Crippen LogP contribution in [0.2, 0.25) is 0 Å². The van der Waals surface area contributed by atoms with Crippen LogP contribution in [0.4, 0.5) is 4.79 Å². The summed E-state index contributed by atoms with van der Waals surface area (Å²) in [6.45, 7) is 6.68. The monoisotopic (exact) mass is 290 g/mol. The Labute approximate surface area is 119 Å². The molecule has 0 spiro atoms. The molecule has 1 heterocycles. The van der Waals surface area contributed by atoms with Gasteiger partial charge in [0.1, 0.15) is 0 Å². The Bertz CT molecular complexity index is 286. The van der Waals surface area contributed by atoms with Gasteiger partial charge in [0.15, 0.2) is 0 Å². The smallest absolute Gasteiger partial charge is 0.315 e. The van der Waals surface area contributed by atoms with Gasteiger partial charge >= 0.3 is 6.03 Å². The lowest BCUT2D eigenvalue weighted by atomic mass is 9.96. The van der Waals surface area contributed by atoms with E-state index in [1.54, 1.807) is 0 Å². The minimum atomic E-state index is -0.316. The van der Waals surface area contributed by atoms with Gasteiger partial charge in [0, 0.05) is 12.1 Å². The Balaban J connectivity index is 2.46. The predicted molar refractivity (Wildman–Crippen MR) is 78.6 cm³/mol. The summed E-state index contributed by atoms with van der Waals surface area (Å²) >= 11 is 1.90. The molecule has 0 saturated carbocycles. The minimum Gasteiger partial charge on any atom is -0.394 e. The van der Waals surface area contributed by atoms with Crippen LogP contribution in [0.25, 0.3) is 0 Å². The van der Waals surface area contributed by atoms with E-state index >= 15 is 0 Å². The second-order valence-corrected chi connectivity index (χ2v) is 7.15. The minimum absolute atomic E-state index is 0.0169. The molecule has 0 bridgehead atoms. The SMILES string of the molecule is CC(C)(C)NC(=O)NCC1(OCCO)CCSCC1. The van der Waals surface area contributed by atoms with Crippen molar-refractivity contribution in [3.05, 3.63) is 0 Å². The molecular weight excluding hydrogens is 264 g/mol. The van der Waals surface area contributed by atoms with Crippen molar-refractivity contribution in [2.75, 3.05) is 31.3 Å². The van der Waals surface area contributed by atoms with Gasteiger partial charge in [0.25, 0.3) is 0 Å². The first kappa shape index (κ1) is 16.6. The number of nitrogens with one attached hydrogen (secondary N) is 2. The van der Waals surface area contributed by atoms with E-state index in [0.29, 0.717) is 13.2 Å². The lowest BCUT2D eigenvalue weighted by Crippen LogP contribution is -2.53. The van der Waals surface area contributed by atoms with Crippen LogP contribution in [0.3, 0.4) is 0 Å². The number of hydrogen-bond donors (Lipinski definition) is 3. The zero-order valence-corrected chi connectivity index (χ0v) is 12.9. The molecule has 1 aliphatic rings. The van der Waals surface area contributed by atoms with Gasteiger partial charge in [-0.1, -0.05) is 0 Å². The molecule has 112 valence electrons. The van der Waals surface area contributed by atoms with Crippen LogP contribution in [0.15, 0.2) is 0 Å². The largest absolute Gasteiger partial charge is 0.394 e. The fraction of sp³-hybridized carbons (Fsp3) is 0.923. The molecule has 0 aromatic heterocycles. The third-order valence-corrected chi connectivity index (χ3v) is 3.95. The molecule has 19 heavy (non-hydrogen) atoms. The maximum absolute atomic E-state index is 11.8. The third-order valence-electron chi connectivity index (χ3n) is 2.96. The standard InChI is InChI=1S/C13H26N2O3S/c1-12(2,3)15-11(17)14-10-13(18-7-6-16)4-8-19-9-5-13/h16H,4-10H2,1-3H3,(H2,14,15,17). The quantitative estimate of drug-likeness (QED) is 0.715. The molecule has 0 atom stereocenters. The Morgan fingerprint density at radius 1 is 1.37 bits per heavy atom. The summed E-state index contributed by atoms with van der Waals surface area (Å²) in [6.07, 6.45) is 1.82. The van der Waals surface area contributed by atoms with Crippen molar-refractivity contribution >= 4 is 17.8 Å². The van der Waals surface area contributed by atoms with Gasteiger partial charge in [-0.25, -0.2) is 4.79 Å². The Kier molecular flexibility index (Phi) is 6.42. The highest BCUT2D eigenvalue weighted by atomic mass is 32.2. The van der Waals surface area contributed by atoms with Crippen LogP contribution >= 0.6 is 11.8 Å². The van der Waals surface area contributed by atoms with Gasteiger partial charge in [-0.3, -0.25) is 0 Å². The van der Waals surface area contributed by atoms with E-state index in [0.717, 1.165) is 24.3 Å². The summed E-state index contributed by atoms with van der Waals surface area (Å²) in [5.74, 6) is 2.07. The van der Waals surface area contributed by atoms with Crippen LogP contribution in [-0.2, 0) is 4.74 Å². The topological polar surface area (TPSA) is 70.6 Å². The second-order valence-electron chi connectivity index (χ2n) is 5.93. The summed E-state index contributed by atoms with van der Waals surface area (Å²) in [4.78, 5) is 11.8. The first-order chi connectivity index (χ1) is 8.87. The molecule has 1 rings (SSSR count). The van der Waals surface area contributed by atoms with Gasteiger partial charge in [0.05, 0.1) is 18.8 Å². The molecule has 3 N–H and O–H groups in total. The van der Waals surface area contributed by atoms with Crippen molar-refractivity contribution in [2.45, 2.75) is 44.8 Å². The number of urea groups is 1. The van der Waals surface area contributed by atoms with E-state index in [9.17, 15) is 4.79 Å². The van der Waals surface area contributed by atoms with Crippen LogP contribution in [0, 0.1) is 0 Å². The molecule has 2 amide bonds. The molecular formula is C13H26N2O3S. The van der Waals surface area contributed by atoms with E-state index in [1.807, 2.05) is 32.5 Å². The van der Waals surface area contributed by atoms with Crippen molar-refractivity contribution < 1.29 is 14.6 Å². The van der Waals surface area contributed by atoms with Crippen molar-refractivity contribution in [1.29, 1.82) is 0 Å². The molecule has 0 aromatic rings. The number of ether oxygens (including phenoxy) is 1. The van der Waals surface area contributed by atoms with Crippen LogP contribution in [0.1, 0.15) is 33.6 Å². The number of thioether (sulfide) groups is 1. The van der Waals surface area contributed by atoms with Crippen LogP contribution in [0.5, 0.6) is 0 Å². The lowest BCUT2D eigenvalue weighted by Gasteiger charge is -2.37. The number of carbonyl (C=O) groups is 1. The lowest BCUT2D eigenvalue weighted by molar-refractivity contribution is -0.0604. The van der Waals surface area contributed by atoms with E-state index < -0.39 is 0 Å². The summed E-state index contributed by atoms with van der Waals surface area (Å²) in [6, 6.07) is -0.169. The van der Waals surface area contributed by atoms with E-state index in [2.05, 4.69) is 10.6 Å². The number of rotatable bonds is 5. The van der Waals surface area contributed by atoms with Gasteiger partial charge in [-0.15, -0.1) is 0 Å². The summed E-state index contributed by atoms with van der Waals surface area (Å²) in [5.41, 5.74) is -0.561. The summed E-state index contributed by atoms with van der Waals surface area (Å²) < 4.78 is 5.79. The molecule has 1 aliphatic heterocycles. The van der Waals surface area contributed by atoms with Gasteiger partial charge < -0.3 is 20.5 Å². The molecule has 1 fully saturated rings. The fourth-order valence-corrected chi connectivity index (χ4v) is 3.24. The summed E-state index contributed by atoms with van der Waals surface area (Å²) in [5, 5.41) is 14.7. The normalized spacial score (nSPS) is 18.9.